The van der Waals surface area contributed by atoms with Crippen LogP contribution in [0, 0.1) is 0 Å². The van der Waals surface area contributed by atoms with Crippen molar-refractivity contribution in [2.24, 2.45) is 0 Å². The van der Waals surface area contributed by atoms with Crippen LogP contribution in [0.5, 0.6) is 0 Å². The first-order valence-electron chi connectivity index (χ1n) is 2.20. The van der Waals surface area contributed by atoms with Crippen molar-refractivity contribution in [3.8, 4) is 0 Å². The molecule has 0 aromatic rings. The molecule has 0 aliphatic carbocycles. The molecule has 0 aromatic carbocycles. The van der Waals surface area contributed by atoms with Crippen LogP contribution in [0.3, 0.4) is 0 Å². The first-order valence-corrected chi connectivity index (χ1v) is 3.00. The number of halogens is 1. The molecule has 0 saturated heterocycles. The minimum atomic E-state index is -0.375. The molecule has 1 nitrogen and oxygen atoms in total. The Morgan fingerprint density at radius 1 is 2.00 bits per heavy atom. The highest BCUT2D eigenvalue weighted by Gasteiger charge is 1.98. The fourth-order valence-corrected chi connectivity index (χ4v) is 0.545. The minimum Gasteiger partial charge on any atom is -0.388 e. The van der Waals surface area contributed by atoms with Gasteiger partial charge in [-0.3, -0.25) is 0 Å². The lowest BCUT2D eigenvalue weighted by Crippen LogP contribution is -2.01. The smallest absolute Gasteiger partial charge is 0.0846 e. The van der Waals surface area contributed by atoms with Gasteiger partial charge < -0.3 is 5.11 Å². The largest absolute Gasteiger partial charge is 0.388 e. The van der Waals surface area contributed by atoms with Crippen molar-refractivity contribution in [2.75, 3.05) is 0 Å². The van der Waals surface area contributed by atoms with Crippen LogP contribution in [0.2, 0.25) is 0 Å². The summed E-state index contributed by atoms with van der Waals surface area (Å²) < 4.78 is 0.662. The van der Waals surface area contributed by atoms with Crippen molar-refractivity contribution >= 4 is 15.9 Å². The van der Waals surface area contributed by atoms with Gasteiger partial charge in [-0.15, -0.1) is 0 Å². The Balaban J connectivity index is 3.34. The summed E-state index contributed by atoms with van der Waals surface area (Å²) in [6.45, 7) is 5.39. The van der Waals surface area contributed by atoms with E-state index in [4.69, 9.17) is 5.11 Å². The Morgan fingerprint density at radius 3 is 2.43 bits per heavy atom. The van der Waals surface area contributed by atoms with Gasteiger partial charge >= 0.3 is 0 Å². The summed E-state index contributed by atoms with van der Waals surface area (Å²) in [5.74, 6) is 0. The van der Waals surface area contributed by atoms with Gasteiger partial charge in [0.25, 0.3) is 0 Å². The summed E-state index contributed by atoms with van der Waals surface area (Å²) in [5, 5.41) is 8.79. The second-order valence-corrected chi connectivity index (χ2v) is 2.39. The Hall–Kier alpha value is 0.180. The molecule has 0 heterocycles. The van der Waals surface area contributed by atoms with E-state index < -0.39 is 0 Å². The quantitative estimate of drug-likeness (QED) is 0.659. The Morgan fingerprint density at radius 2 is 2.43 bits per heavy atom. The molecule has 0 spiro atoms. The molecule has 0 bridgehead atoms. The third-order valence-corrected chi connectivity index (χ3v) is 1.28. The summed E-state index contributed by atoms with van der Waals surface area (Å²) in [6.07, 6.45) is 0.351. The molecule has 1 N–H and O–H groups in total. The van der Waals surface area contributed by atoms with Gasteiger partial charge in [-0.05, 0) is 6.42 Å². The van der Waals surface area contributed by atoms with Crippen molar-refractivity contribution in [3.05, 3.63) is 11.1 Å². The third kappa shape index (κ3) is 2.83. The van der Waals surface area contributed by atoms with E-state index in [-0.39, 0.29) is 6.10 Å². The lowest BCUT2D eigenvalue weighted by molar-refractivity contribution is 0.216. The van der Waals surface area contributed by atoms with Crippen LogP contribution in [0.25, 0.3) is 0 Å². The molecule has 1 atom stereocenters. The van der Waals surface area contributed by atoms with E-state index in [0.717, 1.165) is 6.42 Å². The van der Waals surface area contributed by atoms with Crippen LogP contribution in [0.15, 0.2) is 11.1 Å². The maximum absolute atomic E-state index is 8.79. The highest BCUT2D eigenvalue weighted by atomic mass is 79.9. The number of hydrogen-bond donors (Lipinski definition) is 1. The molecule has 0 aromatic heterocycles. The van der Waals surface area contributed by atoms with E-state index in [1.54, 1.807) is 0 Å². The lowest BCUT2D eigenvalue weighted by Gasteiger charge is -2.01. The van der Waals surface area contributed by atoms with E-state index in [0.29, 0.717) is 4.48 Å². The maximum Gasteiger partial charge on any atom is 0.0846 e. The van der Waals surface area contributed by atoms with Crippen molar-refractivity contribution in [3.63, 3.8) is 0 Å². The van der Waals surface area contributed by atoms with E-state index in [2.05, 4.69) is 22.5 Å². The first-order chi connectivity index (χ1) is 3.18. The average molecular weight is 165 g/mol. The molecule has 42 valence electrons. The Bertz CT molecular complexity index is 70.5. The van der Waals surface area contributed by atoms with Gasteiger partial charge in [0.1, 0.15) is 0 Å². The molecule has 0 radical (unpaired) electrons. The molecule has 7 heavy (non-hydrogen) atoms. The van der Waals surface area contributed by atoms with Gasteiger partial charge in [0.05, 0.1) is 6.10 Å². The fraction of sp³-hybridized carbons (Fsp3) is 0.600. The molecular weight excluding hydrogens is 156 g/mol. The van der Waals surface area contributed by atoms with Gasteiger partial charge in [0, 0.05) is 4.48 Å². The van der Waals surface area contributed by atoms with Gasteiger partial charge in [0.2, 0.25) is 0 Å². The fourth-order valence-electron chi connectivity index (χ4n) is 0.221. The second-order valence-electron chi connectivity index (χ2n) is 1.37. The summed E-state index contributed by atoms with van der Waals surface area (Å²) >= 11 is 3.06. The monoisotopic (exact) mass is 164 g/mol. The SMILES string of the molecule is C=C(Br)C(O)CC. The highest BCUT2D eigenvalue weighted by Crippen LogP contribution is 2.09. The Labute approximate surface area is 52.2 Å². The van der Waals surface area contributed by atoms with Gasteiger partial charge in [-0.2, -0.15) is 0 Å². The number of hydrogen-bond acceptors (Lipinski definition) is 1. The number of rotatable bonds is 2. The van der Waals surface area contributed by atoms with Crippen molar-refractivity contribution in [1.29, 1.82) is 0 Å². The highest BCUT2D eigenvalue weighted by molar-refractivity contribution is 9.11. The van der Waals surface area contributed by atoms with Crippen molar-refractivity contribution < 1.29 is 5.11 Å². The summed E-state index contributed by atoms with van der Waals surface area (Å²) in [7, 11) is 0. The maximum atomic E-state index is 8.79. The van der Waals surface area contributed by atoms with E-state index >= 15 is 0 Å². The standard InChI is InChI=1S/C5H9BrO/c1-3-5(7)4(2)6/h5,7H,2-3H2,1H3. The second kappa shape index (κ2) is 3.22. The topological polar surface area (TPSA) is 20.2 Å². The molecular formula is C5H9BrO. The van der Waals surface area contributed by atoms with E-state index in [1.807, 2.05) is 6.92 Å². The summed E-state index contributed by atoms with van der Waals surface area (Å²) in [6, 6.07) is 0. The summed E-state index contributed by atoms with van der Waals surface area (Å²) in [4.78, 5) is 0. The molecule has 2 heteroatoms. The molecule has 0 saturated carbocycles. The van der Waals surface area contributed by atoms with Gasteiger partial charge in [-0.1, -0.05) is 29.4 Å². The first kappa shape index (κ1) is 7.18. The van der Waals surface area contributed by atoms with Crippen LogP contribution in [0.4, 0.5) is 0 Å². The number of aliphatic hydroxyl groups is 1. The molecule has 0 aliphatic rings. The molecule has 0 amide bonds. The zero-order chi connectivity index (χ0) is 5.86. The normalized spacial score (nSPS) is 13.6. The molecule has 1 unspecified atom stereocenters. The van der Waals surface area contributed by atoms with Crippen LogP contribution in [-0.4, -0.2) is 11.2 Å². The zero-order valence-corrected chi connectivity index (χ0v) is 5.90. The molecule has 0 aliphatic heterocycles. The minimum absolute atomic E-state index is 0.375. The Kier molecular flexibility index (Phi) is 3.30. The van der Waals surface area contributed by atoms with Crippen molar-refractivity contribution in [2.45, 2.75) is 19.4 Å². The van der Waals surface area contributed by atoms with E-state index in [9.17, 15) is 0 Å². The van der Waals surface area contributed by atoms with Crippen LogP contribution in [-0.2, 0) is 0 Å². The van der Waals surface area contributed by atoms with Crippen LogP contribution >= 0.6 is 15.9 Å². The zero-order valence-electron chi connectivity index (χ0n) is 4.32. The van der Waals surface area contributed by atoms with Gasteiger partial charge in [0.15, 0.2) is 0 Å². The predicted octanol–water partition coefficient (Wildman–Crippen LogP) is 1.67. The van der Waals surface area contributed by atoms with E-state index in [1.165, 1.54) is 0 Å². The van der Waals surface area contributed by atoms with Crippen LogP contribution in [0.1, 0.15) is 13.3 Å². The molecule has 0 rings (SSSR count). The lowest BCUT2D eigenvalue weighted by atomic mass is 10.3. The number of aliphatic hydroxyl groups excluding tert-OH is 1. The predicted molar refractivity (Wildman–Crippen MR) is 34.4 cm³/mol. The third-order valence-electron chi connectivity index (χ3n) is 0.748. The average Bonchev–Trinajstić information content (AvgIpc) is 1.65. The van der Waals surface area contributed by atoms with Crippen LogP contribution < -0.4 is 0 Å². The summed E-state index contributed by atoms with van der Waals surface area (Å²) in [5.41, 5.74) is 0. The van der Waals surface area contributed by atoms with Crippen molar-refractivity contribution in [1.82, 2.24) is 0 Å². The van der Waals surface area contributed by atoms with Gasteiger partial charge in [-0.25, -0.2) is 0 Å². The molecule has 0 fully saturated rings.